The maximum atomic E-state index is 13.3. The molecule has 1 aliphatic heterocycles. The number of pyridine rings is 1. The van der Waals surface area contributed by atoms with Crippen molar-refractivity contribution in [3.63, 3.8) is 0 Å². The molecule has 1 fully saturated rings. The summed E-state index contributed by atoms with van der Waals surface area (Å²) in [6.45, 7) is 9.37. The second-order valence-corrected chi connectivity index (χ2v) is 11.4. The molecule has 1 saturated heterocycles. The lowest BCUT2D eigenvalue weighted by atomic mass is 10.1. The van der Waals surface area contributed by atoms with Crippen LogP contribution in [-0.4, -0.2) is 72.9 Å². The lowest BCUT2D eigenvalue weighted by Crippen LogP contribution is -2.42. The van der Waals surface area contributed by atoms with Crippen LogP contribution in [0.15, 0.2) is 48.1 Å². The molecular weight excluding hydrogens is 506 g/mol. The maximum absolute atomic E-state index is 13.3. The third kappa shape index (κ3) is 5.35. The molecule has 4 aromatic heterocycles. The Morgan fingerprint density at radius 3 is 2.78 bits per heavy atom. The molecule has 1 amide bonds. The highest BCUT2D eigenvalue weighted by molar-refractivity contribution is 7.93. The Morgan fingerprint density at radius 1 is 1.24 bits per heavy atom. The highest BCUT2D eigenvalue weighted by Gasteiger charge is 2.30. The number of carbonyl (C=O) groups excluding carboxylic acids is 1. The molecule has 37 heavy (non-hydrogen) atoms. The van der Waals surface area contributed by atoms with Gasteiger partial charge in [0, 0.05) is 30.8 Å². The van der Waals surface area contributed by atoms with Gasteiger partial charge in [0.05, 0.1) is 45.9 Å². The molecule has 194 valence electrons. The Hall–Kier alpha value is -2.99. The standard InChI is InChI=1S/C26H31N7O2S2/c1-4-31(5-2)18(3)16-27-26(34)19-14-22(29-24(15-19)33-10-7-13-37(33)35)20-17-28-32-11-9-21(30-25(20)32)23-8-6-12-36-23/h6,8-9,11-12,14-15,17-18H,4-5,7,10,13,16H2,1-3H3,(H,27,34). The number of nitrogens with one attached hydrogen (secondary N) is 1. The lowest BCUT2D eigenvalue weighted by Gasteiger charge is -2.26. The fraction of sp³-hybridized carbons (Fsp3) is 0.385. The van der Waals surface area contributed by atoms with Gasteiger partial charge in [-0.25, -0.2) is 14.5 Å². The topological polar surface area (TPSA) is 102 Å². The molecule has 1 aliphatic rings. The van der Waals surface area contributed by atoms with Crippen LogP contribution in [0.5, 0.6) is 0 Å². The number of likely N-dealkylation sites (N-methyl/N-ethyl adjacent to an activating group) is 1. The van der Waals surface area contributed by atoms with Crippen LogP contribution in [-0.2, 0) is 11.4 Å². The van der Waals surface area contributed by atoms with Gasteiger partial charge in [-0.3, -0.25) is 9.69 Å². The summed E-state index contributed by atoms with van der Waals surface area (Å²) in [5.74, 6) is 0.943. The zero-order chi connectivity index (χ0) is 25.9. The second kappa shape index (κ2) is 11.2. The summed E-state index contributed by atoms with van der Waals surface area (Å²) >= 11 is 0.461. The van der Waals surface area contributed by atoms with Gasteiger partial charge in [-0.1, -0.05) is 19.9 Å². The SMILES string of the molecule is CCN(CC)C(C)CNC(=O)c1cc(-c2cnn3ccc(-c4cccs4)nc23)nc(N2CCC[S+]2[O-])c1. The maximum Gasteiger partial charge on any atom is 0.251 e. The number of hydrogen-bond acceptors (Lipinski definition) is 8. The molecule has 0 aromatic carbocycles. The van der Waals surface area contributed by atoms with Crippen LogP contribution in [0.1, 0.15) is 37.6 Å². The van der Waals surface area contributed by atoms with Gasteiger partial charge in [-0.15, -0.1) is 11.3 Å². The summed E-state index contributed by atoms with van der Waals surface area (Å²) in [5, 5.41) is 9.57. The number of nitrogens with zero attached hydrogens (tertiary/aromatic N) is 6. The van der Waals surface area contributed by atoms with Gasteiger partial charge in [0.2, 0.25) is 0 Å². The zero-order valence-corrected chi connectivity index (χ0v) is 22.9. The molecule has 11 heteroatoms. The van der Waals surface area contributed by atoms with Crippen LogP contribution in [0.3, 0.4) is 0 Å². The Labute approximate surface area is 223 Å². The minimum atomic E-state index is -1.16. The molecule has 4 aromatic rings. The number of fused-ring (bicyclic) bond motifs is 1. The summed E-state index contributed by atoms with van der Waals surface area (Å²) in [4.78, 5) is 26.4. The molecule has 0 aliphatic carbocycles. The van der Waals surface area contributed by atoms with Crippen LogP contribution >= 0.6 is 11.3 Å². The average Bonchev–Trinajstić information content (AvgIpc) is 3.68. The van der Waals surface area contributed by atoms with Crippen molar-refractivity contribution >= 4 is 40.1 Å². The van der Waals surface area contributed by atoms with Crippen molar-refractivity contribution < 1.29 is 9.35 Å². The smallest absolute Gasteiger partial charge is 0.251 e. The average molecular weight is 538 g/mol. The van der Waals surface area contributed by atoms with E-state index in [9.17, 15) is 9.35 Å². The molecular formula is C26H31N7O2S2. The minimum absolute atomic E-state index is 0.183. The van der Waals surface area contributed by atoms with Crippen LogP contribution in [0.25, 0.3) is 27.5 Å². The number of rotatable bonds is 9. The van der Waals surface area contributed by atoms with Gasteiger partial charge in [0.25, 0.3) is 5.91 Å². The van der Waals surface area contributed by atoms with E-state index in [1.165, 1.54) is 0 Å². The monoisotopic (exact) mass is 537 g/mol. The lowest BCUT2D eigenvalue weighted by molar-refractivity contribution is 0.0938. The summed E-state index contributed by atoms with van der Waals surface area (Å²) in [5.41, 5.74) is 3.28. The minimum Gasteiger partial charge on any atom is -0.593 e. The molecule has 1 N–H and O–H groups in total. The van der Waals surface area contributed by atoms with E-state index >= 15 is 0 Å². The first kappa shape index (κ1) is 25.7. The first-order valence-corrected chi connectivity index (χ1v) is 14.7. The highest BCUT2D eigenvalue weighted by atomic mass is 32.2. The van der Waals surface area contributed by atoms with Crippen LogP contribution < -0.4 is 9.62 Å². The van der Waals surface area contributed by atoms with Crippen molar-refractivity contribution in [2.75, 3.05) is 36.2 Å². The summed E-state index contributed by atoms with van der Waals surface area (Å²) in [6.07, 6.45) is 4.42. The predicted molar refractivity (Wildman–Crippen MR) is 149 cm³/mol. The predicted octanol–water partition coefficient (Wildman–Crippen LogP) is 3.85. The van der Waals surface area contributed by atoms with Crippen LogP contribution in [0, 0.1) is 0 Å². The molecule has 0 saturated carbocycles. The van der Waals surface area contributed by atoms with Crippen LogP contribution in [0.4, 0.5) is 5.82 Å². The number of hydrogen-bond donors (Lipinski definition) is 1. The fourth-order valence-electron chi connectivity index (χ4n) is 4.60. The molecule has 5 heterocycles. The molecule has 2 atom stereocenters. The highest BCUT2D eigenvalue weighted by Crippen LogP contribution is 2.30. The largest absolute Gasteiger partial charge is 0.593 e. The van der Waals surface area contributed by atoms with Gasteiger partial charge >= 0.3 is 0 Å². The Kier molecular flexibility index (Phi) is 7.75. The van der Waals surface area contributed by atoms with Gasteiger partial charge < -0.3 is 9.87 Å². The van der Waals surface area contributed by atoms with E-state index in [1.54, 1.807) is 38.5 Å². The van der Waals surface area contributed by atoms with E-state index in [2.05, 4.69) is 36.1 Å². The number of amides is 1. The number of anilines is 1. The first-order valence-electron chi connectivity index (χ1n) is 12.6. The van der Waals surface area contributed by atoms with Gasteiger partial charge in [0.15, 0.2) is 11.5 Å². The molecule has 9 nitrogen and oxygen atoms in total. The molecule has 0 radical (unpaired) electrons. The quantitative estimate of drug-likeness (QED) is 0.324. The molecule has 0 bridgehead atoms. The van der Waals surface area contributed by atoms with Crippen molar-refractivity contribution in [3.05, 3.63) is 53.7 Å². The van der Waals surface area contributed by atoms with Crippen molar-refractivity contribution in [2.24, 2.45) is 0 Å². The Bertz CT molecular complexity index is 1370. The summed E-state index contributed by atoms with van der Waals surface area (Å²) in [6, 6.07) is 9.68. The number of thiophene rings is 1. The molecule has 2 unspecified atom stereocenters. The molecule has 5 rings (SSSR count). The number of carbonyl (C=O) groups is 1. The first-order chi connectivity index (χ1) is 18.0. The van der Waals surface area contributed by atoms with Crippen LogP contribution in [0.2, 0.25) is 0 Å². The number of aromatic nitrogens is 4. The zero-order valence-electron chi connectivity index (χ0n) is 21.3. The van der Waals surface area contributed by atoms with E-state index in [-0.39, 0.29) is 11.9 Å². The van der Waals surface area contributed by atoms with E-state index in [4.69, 9.17) is 9.97 Å². The van der Waals surface area contributed by atoms with E-state index in [1.807, 2.05) is 29.8 Å². The van der Waals surface area contributed by atoms with Gasteiger partial charge in [-0.05, 0) is 49.7 Å². The third-order valence-corrected chi connectivity index (χ3v) is 9.06. The van der Waals surface area contributed by atoms with Gasteiger partial charge in [-0.2, -0.15) is 9.40 Å². The van der Waals surface area contributed by atoms with Crippen molar-refractivity contribution in [1.82, 2.24) is 29.8 Å². The third-order valence-electron chi connectivity index (χ3n) is 6.67. The van der Waals surface area contributed by atoms with Crippen molar-refractivity contribution in [1.29, 1.82) is 0 Å². The Balaban J connectivity index is 1.52. The summed E-state index contributed by atoms with van der Waals surface area (Å²) < 4.78 is 16.1. The normalized spacial score (nSPS) is 16.6. The summed E-state index contributed by atoms with van der Waals surface area (Å²) in [7, 11) is 0. The van der Waals surface area contributed by atoms with Gasteiger partial charge in [0.1, 0.15) is 5.75 Å². The second-order valence-electron chi connectivity index (χ2n) is 8.98. The molecule has 0 spiro atoms. The van der Waals surface area contributed by atoms with Crippen molar-refractivity contribution in [2.45, 2.75) is 33.2 Å². The van der Waals surface area contributed by atoms with E-state index < -0.39 is 11.4 Å². The van der Waals surface area contributed by atoms with E-state index in [0.29, 0.717) is 41.6 Å². The van der Waals surface area contributed by atoms with E-state index in [0.717, 1.165) is 35.6 Å². The fourth-order valence-corrected chi connectivity index (χ4v) is 6.53. The Morgan fingerprint density at radius 2 is 2.08 bits per heavy atom. The van der Waals surface area contributed by atoms with Crippen molar-refractivity contribution in [3.8, 4) is 21.8 Å².